The van der Waals surface area contributed by atoms with Crippen LogP contribution in [0.25, 0.3) is 21.7 Å². The lowest BCUT2D eigenvalue weighted by Gasteiger charge is -2.28. The first-order chi connectivity index (χ1) is 38.0. The Labute approximate surface area is 456 Å². The Morgan fingerprint density at radius 3 is 1.71 bits per heavy atom. The highest BCUT2D eigenvalue weighted by atomic mass is 16.4. The normalized spacial score (nSPS) is 13.8. The van der Waals surface area contributed by atoms with E-state index in [4.69, 9.17) is 11.5 Å². The van der Waals surface area contributed by atoms with Crippen molar-refractivity contribution >= 4 is 74.9 Å². The quantitative estimate of drug-likeness (QED) is 0.0278. The number of benzene rings is 4. The first kappa shape index (κ1) is 59.3. The standard InChI is InChI=1S/C57H70N12O10/c1-3-4-19-44(63-34(2)70)52(74)69-49(30-50(71)72)57(79)68-48(29-40-32-60-33-62-40)56(78)65-45(26-35-14-6-5-7-15-35)53(75)66-46(27-36-22-23-37-16-8-9-17-38(37)25-36)54(76)67-47(28-39-31-61-42-20-11-10-18-41(39)42)55(77)64-43(51(59)73)21-12-13-24-58/h5-11,14-18,20,22-23,25,31-33,43-49,61H,3-4,12-13,19,21,24,26-30,58H2,1-2H3,(H2,59,73)(H,60,62)(H,63,70)(H,64,77)(H,65,78)(H,66,75)(H,67,76)(H,68,79)(H,69,74)(H,71,72)/t43-,44-,45+,46-,47-,48-,49-/m0/s1. The van der Waals surface area contributed by atoms with Crippen LogP contribution in [0.15, 0.2) is 116 Å². The molecule has 6 aromatic rings. The predicted octanol–water partition coefficient (Wildman–Crippen LogP) is 2.01. The molecule has 0 spiro atoms. The molecule has 4 aromatic carbocycles. The Morgan fingerprint density at radius 1 is 0.557 bits per heavy atom. The maximum Gasteiger partial charge on any atom is 0.305 e. The minimum absolute atomic E-state index is 0.0472. The minimum atomic E-state index is -1.71. The Morgan fingerprint density at radius 2 is 1.10 bits per heavy atom. The lowest BCUT2D eigenvalue weighted by atomic mass is 9.98. The van der Waals surface area contributed by atoms with Crippen LogP contribution >= 0.6 is 0 Å². The van der Waals surface area contributed by atoms with Gasteiger partial charge in [-0.1, -0.05) is 111 Å². The van der Waals surface area contributed by atoms with Gasteiger partial charge in [-0.2, -0.15) is 0 Å². The van der Waals surface area contributed by atoms with Crippen LogP contribution in [0.1, 0.15) is 81.2 Å². The zero-order valence-corrected chi connectivity index (χ0v) is 44.2. The number of aromatic amines is 2. The highest BCUT2D eigenvalue weighted by molar-refractivity contribution is 5.99. The van der Waals surface area contributed by atoms with E-state index >= 15 is 9.59 Å². The van der Waals surface area contributed by atoms with Crippen LogP contribution < -0.4 is 48.7 Å². The van der Waals surface area contributed by atoms with Gasteiger partial charge in [0.2, 0.25) is 47.3 Å². The molecule has 7 atom stereocenters. The van der Waals surface area contributed by atoms with E-state index in [9.17, 15) is 38.7 Å². The first-order valence-electron chi connectivity index (χ1n) is 26.4. The third-order valence-corrected chi connectivity index (χ3v) is 13.3. The van der Waals surface area contributed by atoms with Crippen LogP contribution in [-0.2, 0) is 68.8 Å². The number of aliphatic carboxylic acids is 1. The molecule has 0 bridgehead atoms. The van der Waals surface area contributed by atoms with Crippen molar-refractivity contribution in [2.24, 2.45) is 11.5 Å². The molecule has 2 heterocycles. The van der Waals surface area contributed by atoms with Gasteiger partial charge in [0, 0.05) is 61.6 Å². The van der Waals surface area contributed by atoms with Crippen LogP contribution in [0.5, 0.6) is 0 Å². The van der Waals surface area contributed by atoms with Gasteiger partial charge >= 0.3 is 5.97 Å². The van der Waals surface area contributed by atoms with Gasteiger partial charge in [-0.05, 0) is 65.8 Å². The molecule has 0 aliphatic rings. The fraction of sp³-hybridized carbons (Fsp3) is 0.368. The van der Waals surface area contributed by atoms with Crippen molar-refractivity contribution in [1.29, 1.82) is 0 Å². The summed E-state index contributed by atoms with van der Waals surface area (Å²) in [5.74, 6) is -7.81. The average molecular weight is 1080 g/mol. The topological polar surface area (TPSA) is 355 Å². The number of carbonyl (C=O) groups is 9. The lowest BCUT2D eigenvalue weighted by molar-refractivity contribution is -0.141. The molecule has 0 radical (unpaired) electrons. The number of hydrogen-bond acceptors (Lipinski definition) is 11. The number of aromatic nitrogens is 3. The zero-order chi connectivity index (χ0) is 56.8. The third-order valence-electron chi connectivity index (χ3n) is 13.3. The van der Waals surface area contributed by atoms with E-state index in [-0.39, 0.29) is 38.5 Å². The summed E-state index contributed by atoms with van der Waals surface area (Å²) >= 11 is 0. The summed E-state index contributed by atoms with van der Waals surface area (Å²) in [4.78, 5) is 133. The maximum absolute atomic E-state index is 15.0. The number of nitrogens with zero attached hydrogens (tertiary/aromatic N) is 1. The predicted molar refractivity (Wildman–Crippen MR) is 295 cm³/mol. The van der Waals surface area contributed by atoms with Crippen molar-refractivity contribution in [2.75, 3.05) is 6.54 Å². The third kappa shape index (κ3) is 18.1. The van der Waals surface area contributed by atoms with E-state index in [1.165, 1.54) is 19.4 Å². The summed E-state index contributed by atoms with van der Waals surface area (Å²) in [5, 5.41) is 31.1. The van der Waals surface area contributed by atoms with Gasteiger partial charge in [-0.25, -0.2) is 4.98 Å². The number of para-hydroxylation sites is 1. The Balaban J connectivity index is 1.33. The van der Waals surface area contributed by atoms with Gasteiger partial charge < -0.3 is 63.8 Å². The van der Waals surface area contributed by atoms with Gasteiger partial charge in [0.05, 0.1) is 12.7 Å². The number of hydrogen-bond donors (Lipinski definition) is 12. The maximum atomic E-state index is 15.0. The number of primary amides is 1. The second kappa shape index (κ2) is 29.6. The molecular formula is C57H70N12O10. The zero-order valence-electron chi connectivity index (χ0n) is 44.2. The van der Waals surface area contributed by atoms with Crippen LogP contribution in [0.2, 0.25) is 0 Å². The number of carbonyl (C=O) groups excluding carboxylic acids is 8. The van der Waals surface area contributed by atoms with Gasteiger partial charge in [0.1, 0.15) is 42.3 Å². The summed E-state index contributed by atoms with van der Waals surface area (Å²) in [6, 6.07) is 19.7. The number of nitrogens with one attached hydrogen (secondary N) is 9. The van der Waals surface area contributed by atoms with Gasteiger partial charge in [0.15, 0.2) is 0 Å². The molecule has 79 heavy (non-hydrogen) atoms. The van der Waals surface area contributed by atoms with Crippen molar-refractivity contribution < 1.29 is 48.3 Å². The molecule has 2 aromatic heterocycles. The molecule has 0 fully saturated rings. The van der Waals surface area contributed by atoms with Crippen LogP contribution in [0.3, 0.4) is 0 Å². The monoisotopic (exact) mass is 1080 g/mol. The largest absolute Gasteiger partial charge is 0.481 e. The fourth-order valence-corrected chi connectivity index (χ4v) is 9.14. The van der Waals surface area contributed by atoms with Crippen LogP contribution in [-0.4, -0.2) is 122 Å². The molecule has 0 saturated carbocycles. The molecule has 14 N–H and O–H groups in total. The number of fused-ring (bicyclic) bond motifs is 2. The summed E-state index contributed by atoms with van der Waals surface area (Å²) in [5.41, 5.74) is 14.5. The molecule has 8 amide bonds. The number of rotatable bonds is 31. The summed E-state index contributed by atoms with van der Waals surface area (Å²) in [6.07, 6.45) is 5.75. The van der Waals surface area contributed by atoms with Crippen molar-refractivity contribution in [3.05, 3.63) is 138 Å². The Bertz CT molecular complexity index is 3060. The SMILES string of the molecule is CCCC[C@H](NC(C)=O)C(=O)N[C@@H](CC(=O)O)C(=O)N[C@@H](Cc1cnc[nH]1)C(=O)N[C@H](Cc1ccccc1)C(=O)N[C@@H](Cc1ccc2ccccc2c1)C(=O)N[C@@H](Cc1c[nH]c2ccccc12)C(=O)N[C@@H](CCCCN)C(N)=O. The van der Waals surface area contributed by atoms with E-state index in [0.717, 1.165) is 21.7 Å². The molecule has 0 unspecified atom stereocenters. The number of imidazole rings is 1. The second-order valence-corrected chi connectivity index (χ2v) is 19.5. The van der Waals surface area contributed by atoms with E-state index < -0.39 is 102 Å². The van der Waals surface area contributed by atoms with Crippen molar-refractivity contribution in [1.82, 2.24) is 52.2 Å². The Hall–Kier alpha value is -8.92. The lowest BCUT2D eigenvalue weighted by Crippen LogP contribution is -2.61. The number of nitrogens with two attached hydrogens (primary N) is 2. The molecule has 0 saturated heterocycles. The van der Waals surface area contributed by atoms with E-state index in [2.05, 4.69) is 52.2 Å². The summed E-state index contributed by atoms with van der Waals surface area (Å²) in [7, 11) is 0. The molecule has 22 heteroatoms. The van der Waals surface area contributed by atoms with E-state index in [0.29, 0.717) is 54.6 Å². The fourth-order valence-electron chi connectivity index (χ4n) is 9.14. The van der Waals surface area contributed by atoms with Crippen molar-refractivity contribution in [3.8, 4) is 0 Å². The number of amides is 8. The van der Waals surface area contributed by atoms with Gasteiger partial charge in [-0.15, -0.1) is 0 Å². The summed E-state index contributed by atoms with van der Waals surface area (Å²) < 4.78 is 0. The Kier molecular flexibility index (Phi) is 22.2. The number of H-pyrrole nitrogens is 2. The average Bonchev–Trinajstić information content (AvgIpc) is 4.11. The second-order valence-electron chi connectivity index (χ2n) is 19.5. The first-order valence-corrected chi connectivity index (χ1v) is 26.4. The summed E-state index contributed by atoms with van der Waals surface area (Å²) in [6.45, 7) is 3.46. The van der Waals surface area contributed by atoms with Crippen molar-refractivity contribution in [2.45, 2.75) is 127 Å². The van der Waals surface area contributed by atoms with Crippen LogP contribution in [0.4, 0.5) is 0 Å². The molecule has 418 valence electrons. The van der Waals surface area contributed by atoms with Gasteiger partial charge in [-0.3, -0.25) is 43.2 Å². The number of carboxylic acid groups (broad SMARTS) is 1. The highest BCUT2D eigenvalue weighted by Crippen LogP contribution is 2.21. The molecule has 0 aliphatic heterocycles. The van der Waals surface area contributed by atoms with E-state index in [1.807, 2.05) is 67.6 Å². The molecule has 0 aliphatic carbocycles. The number of carboxylic acids is 1. The van der Waals surface area contributed by atoms with Gasteiger partial charge in [0.25, 0.3) is 0 Å². The van der Waals surface area contributed by atoms with E-state index in [1.54, 1.807) is 42.6 Å². The highest BCUT2D eigenvalue weighted by Gasteiger charge is 2.35. The molecular weight excluding hydrogens is 1010 g/mol. The molecule has 6 rings (SSSR count). The molecule has 22 nitrogen and oxygen atoms in total. The minimum Gasteiger partial charge on any atom is -0.481 e. The van der Waals surface area contributed by atoms with Crippen LogP contribution in [0, 0.1) is 0 Å². The number of unbranched alkanes of at least 4 members (excludes halogenated alkanes) is 2. The smallest absolute Gasteiger partial charge is 0.305 e. The van der Waals surface area contributed by atoms with Crippen molar-refractivity contribution in [3.63, 3.8) is 0 Å².